The molecule has 0 bridgehead atoms. The van der Waals surface area contributed by atoms with Crippen LogP contribution in [0.2, 0.25) is 0 Å². The summed E-state index contributed by atoms with van der Waals surface area (Å²) in [5.41, 5.74) is 6.19. The van der Waals surface area contributed by atoms with Gasteiger partial charge in [-0.05, 0) is 67.3 Å². The maximum absolute atomic E-state index is 12.7. The molecule has 0 saturated carbocycles. The smallest absolute Gasteiger partial charge is 0.234 e. The van der Waals surface area contributed by atoms with Crippen LogP contribution in [0.1, 0.15) is 23.6 Å². The van der Waals surface area contributed by atoms with Gasteiger partial charge in [0.1, 0.15) is 0 Å². The number of hydrogen-bond acceptors (Lipinski definition) is 5. The van der Waals surface area contributed by atoms with Crippen molar-refractivity contribution in [3.8, 4) is 17.1 Å². The van der Waals surface area contributed by atoms with Gasteiger partial charge >= 0.3 is 0 Å². The molecule has 1 N–H and O–H groups in total. The van der Waals surface area contributed by atoms with Gasteiger partial charge in [0.25, 0.3) is 0 Å². The zero-order chi connectivity index (χ0) is 22.5. The normalized spacial score (nSPS) is 10.8. The number of carbonyl (C=O) groups is 1. The molecule has 6 nitrogen and oxygen atoms in total. The summed E-state index contributed by atoms with van der Waals surface area (Å²) in [5, 5.41) is 12.5. The van der Waals surface area contributed by atoms with E-state index in [0.29, 0.717) is 11.0 Å². The molecular formula is C25H25N5OS. The lowest BCUT2D eigenvalue weighted by Gasteiger charge is -2.12. The molecule has 0 fully saturated rings. The number of pyridine rings is 1. The van der Waals surface area contributed by atoms with Crippen LogP contribution in [0.5, 0.6) is 0 Å². The second kappa shape index (κ2) is 9.78. The van der Waals surface area contributed by atoms with E-state index in [9.17, 15) is 4.79 Å². The molecule has 0 unspecified atom stereocenters. The number of carbonyl (C=O) groups excluding carboxylic acids is 1. The van der Waals surface area contributed by atoms with Crippen molar-refractivity contribution in [1.82, 2.24) is 19.7 Å². The molecule has 0 aliphatic carbocycles. The van der Waals surface area contributed by atoms with E-state index in [2.05, 4.69) is 51.7 Å². The van der Waals surface area contributed by atoms with Crippen LogP contribution in [0.4, 0.5) is 5.69 Å². The van der Waals surface area contributed by atoms with Gasteiger partial charge in [-0.25, -0.2) is 0 Å². The lowest BCUT2D eigenvalue weighted by molar-refractivity contribution is -0.113. The van der Waals surface area contributed by atoms with E-state index in [1.807, 2.05) is 48.7 Å². The van der Waals surface area contributed by atoms with Crippen LogP contribution in [0.3, 0.4) is 0 Å². The predicted molar refractivity (Wildman–Crippen MR) is 129 cm³/mol. The Morgan fingerprint density at radius 1 is 1.00 bits per heavy atom. The summed E-state index contributed by atoms with van der Waals surface area (Å²) in [5.74, 6) is 0.869. The number of aryl methyl sites for hydroxylation is 2. The van der Waals surface area contributed by atoms with E-state index in [0.717, 1.165) is 34.5 Å². The number of nitrogens with one attached hydrogen (secondary N) is 1. The molecule has 1 amide bonds. The SMILES string of the molecule is CCc1ccc(-n2c(SCC(=O)Nc3cccc(C)c3C)nnc2-c2ccncc2)cc1. The van der Waals surface area contributed by atoms with Gasteiger partial charge in [-0.2, -0.15) is 0 Å². The number of amides is 1. The Labute approximate surface area is 192 Å². The number of nitrogens with zero attached hydrogens (tertiary/aromatic N) is 4. The topological polar surface area (TPSA) is 72.7 Å². The molecule has 0 radical (unpaired) electrons. The Balaban J connectivity index is 1.60. The molecule has 0 atom stereocenters. The molecule has 162 valence electrons. The predicted octanol–water partition coefficient (Wildman–Crippen LogP) is 5.24. The average Bonchev–Trinajstić information content (AvgIpc) is 3.25. The summed E-state index contributed by atoms with van der Waals surface area (Å²) in [6.45, 7) is 6.17. The Bertz CT molecular complexity index is 1220. The van der Waals surface area contributed by atoms with Gasteiger partial charge in [-0.15, -0.1) is 10.2 Å². The second-order valence-corrected chi connectivity index (χ2v) is 8.42. The van der Waals surface area contributed by atoms with Crippen LogP contribution in [-0.4, -0.2) is 31.4 Å². The van der Waals surface area contributed by atoms with Crippen molar-refractivity contribution in [3.63, 3.8) is 0 Å². The zero-order valence-electron chi connectivity index (χ0n) is 18.4. The van der Waals surface area contributed by atoms with Crippen LogP contribution >= 0.6 is 11.8 Å². The van der Waals surface area contributed by atoms with Crippen molar-refractivity contribution in [2.45, 2.75) is 32.3 Å². The molecule has 4 rings (SSSR count). The monoisotopic (exact) mass is 443 g/mol. The number of benzene rings is 2. The van der Waals surface area contributed by atoms with Gasteiger partial charge in [-0.1, -0.05) is 43.0 Å². The van der Waals surface area contributed by atoms with Crippen LogP contribution < -0.4 is 5.32 Å². The fraction of sp³-hybridized carbons (Fsp3) is 0.200. The fourth-order valence-electron chi connectivity index (χ4n) is 3.37. The van der Waals surface area contributed by atoms with E-state index in [-0.39, 0.29) is 11.7 Å². The Kier molecular flexibility index (Phi) is 6.66. The number of aromatic nitrogens is 4. The highest BCUT2D eigenvalue weighted by Gasteiger charge is 2.17. The summed E-state index contributed by atoms with van der Waals surface area (Å²) in [6.07, 6.45) is 4.44. The molecular weight excluding hydrogens is 418 g/mol. The molecule has 2 heterocycles. The second-order valence-electron chi connectivity index (χ2n) is 7.48. The Hall–Kier alpha value is -3.45. The van der Waals surface area contributed by atoms with Gasteiger partial charge in [0.15, 0.2) is 11.0 Å². The van der Waals surface area contributed by atoms with E-state index >= 15 is 0 Å². The molecule has 0 aliphatic rings. The largest absolute Gasteiger partial charge is 0.325 e. The van der Waals surface area contributed by atoms with Crippen LogP contribution in [0.15, 0.2) is 72.1 Å². The van der Waals surface area contributed by atoms with Gasteiger partial charge < -0.3 is 5.32 Å². The molecule has 0 spiro atoms. The Morgan fingerprint density at radius 3 is 2.47 bits per heavy atom. The molecule has 4 aromatic rings. The van der Waals surface area contributed by atoms with Crippen LogP contribution in [0, 0.1) is 13.8 Å². The highest BCUT2D eigenvalue weighted by Crippen LogP contribution is 2.28. The first-order chi connectivity index (χ1) is 15.6. The third kappa shape index (κ3) is 4.73. The Morgan fingerprint density at radius 2 is 1.75 bits per heavy atom. The van der Waals surface area contributed by atoms with Crippen molar-refractivity contribution in [2.24, 2.45) is 0 Å². The molecule has 2 aromatic carbocycles. The third-order valence-electron chi connectivity index (χ3n) is 5.39. The first-order valence-corrected chi connectivity index (χ1v) is 11.5. The van der Waals surface area contributed by atoms with Gasteiger partial charge in [0.2, 0.25) is 5.91 Å². The summed E-state index contributed by atoms with van der Waals surface area (Å²) >= 11 is 1.37. The number of thioether (sulfide) groups is 1. The first kappa shape index (κ1) is 21.8. The van der Waals surface area contributed by atoms with Crippen molar-refractivity contribution in [2.75, 3.05) is 11.1 Å². The molecule has 0 saturated heterocycles. The maximum atomic E-state index is 12.7. The van der Waals surface area contributed by atoms with E-state index in [4.69, 9.17) is 0 Å². The van der Waals surface area contributed by atoms with Gasteiger partial charge in [0, 0.05) is 29.3 Å². The van der Waals surface area contributed by atoms with Crippen molar-refractivity contribution < 1.29 is 4.79 Å². The van der Waals surface area contributed by atoms with Crippen molar-refractivity contribution >= 4 is 23.4 Å². The summed E-state index contributed by atoms with van der Waals surface area (Å²) < 4.78 is 1.99. The van der Waals surface area contributed by atoms with Crippen molar-refractivity contribution in [1.29, 1.82) is 0 Å². The minimum atomic E-state index is -0.0787. The van der Waals surface area contributed by atoms with Crippen LogP contribution in [0.25, 0.3) is 17.1 Å². The summed E-state index contributed by atoms with van der Waals surface area (Å²) in [7, 11) is 0. The zero-order valence-corrected chi connectivity index (χ0v) is 19.2. The lowest BCUT2D eigenvalue weighted by atomic mass is 10.1. The van der Waals surface area contributed by atoms with Gasteiger partial charge in [-0.3, -0.25) is 14.3 Å². The number of hydrogen-bond donors (Lipinski definition) is 1. The summed E-state index contributed by atoms with van der Waals surface area (Å²) in [6, 6.07) is 18.0. The van der Waals surface area contributed by atoms with E-state index < -0.39 is 0 Å². The van der Waals surface area contributed by atoms with E-state index in [1.54, 1.807) is 12.4 Å². The van der Waals surface area contributed by atoms with E-state index in [1.165, 1.54) is 17.3 Å². The fourth-order valence-corrected chi connectivity index (χ4v) is 4.12. The minimum absolute atomic E-state index is 0.0787. The number of anilines is 1. The molecule has 0 aliphatic heterocycles. The van der Waals surface area contributed by atoms with Crippen LogP contribution in [-0.2, 0) is 11.2 Å². The molecule has 32 heavy (non-hydrogen) atoms. The quantitative estimate of drug-likeness (QED) is 0.396. The molecule has 2 aromatic heterocycles. The highest BCUT2D eigenvalue weighted by molar-refractivity contribution is 7.99. The lowest BCUT2D eigenvalue weighted by Crippen LogP contribution is -2.15. The average molecular weight is 444 g/mol. The number of rotatable bonds is 7. The summed E-state index contributed by atoms with van der Waals surface area (Å²) in [4.78, 5) is 16.8. The van der Waals surface area contributed by atoms with Crippen molar-refractivity contribution in [3.05, 3.63) is 83.7 Å². The molecule has 7 heteroatoms. The highest BCUT2D eigenvalue weighted by atomic mass is 32.2. The maximum Gasteiger partial charge on any atom is 0.234 e. The standard InChI is InChI=1S/C25H25N5OS/c1-4-19-8-10-21(11-9-19)30-24(20-12-14-26-15-13-20)28-29-25(30)32-16-23(31)27-22-7-5-6-17(2)18(22)3/h5-15H,4,16H2,1-3H3,(H,27,31). The third-order valence-corrected chi connectivity index (χ3v) is 6.31. The minimum Gasteiger partial charge on any atom is -0.325 e. The first-order valence-electron chi connectivity index (χ1n) is 10.5. The van der Waals surface area contributed by atoms with Gasteiger partial charge in [0.05, 0.1) is 5.75 Å².